The number of ether oxygens (including phenoxy) is 2. The third kappa shape index (κ3) is 1.97. The van der Waals surface area contributed by atoms with E-state index in [2.05, 4.69) is 12.1 Å². The molecule has 4 rings (SSSR count). The molecule has 2 amide bonds. The van der Waals surface area contributed by atoms with Gasteiger partial charge in [0.2, 0.25) is 11.8 Å². The topological polar surface area (TPSA) is 55.8 Å². The summed E-state index contributed by atoms with van der Waals surface area (Å²) in [6.45, 7) is 2.44. The average molecular weight is 327 g/mol. The van der Waals surface area contributed by atoms with Crippen molar-refractivity contribution in [2.24, 2.45) is 11.8 Å². The van der Waals surface area contributed by atoms with E-state index >= 15 is 0 Å². The Bertz CT molecular complexity index is 713. The summed E-state index contributed by atoms with van der Waals surface area (Å²) in [6.07, 6.45) is 2.95. The molecular weight excluding hydrogens is 306 g/mol. The van der Waals surface area contributed by atoms with Crippen molar-refractivity contribution in [3.63, 3.8) is 0 Å². The largest absolute Gasteiger partial charge is 0.495 e. The van der Waals surface area contributed by atoms with Gasteiger partial charge in [-0.15, -0.1) is 0 Å². The quantitative estimate of drug-likeness (QED) is 0.776. The van der Waals surface area contributed by atoms with E-state index in [9.17, 15) is 9.59 Å². The second-order valence-corrected chi connectivity index (χ2v) is 6.66. The normalized spacial score (nSPS) is 33.8. The van der Waals surface area contributed by atoms with Crippen LogP contribution < -0.4 is 0 Å². The smallest absolute Gasteiger partial charge is 0.236 e. The highest BCUT2D eigenvalue weighted by molar-refractivity contribution is 6.07. The van der Waals surface area contributed by atoms with E-state index in [4.69, 9.17) is 9.47 Å². The van der Waals surface area contributed by atoms with Crippen molar-refractivity contribution >= 4 is 11.8 Å². The van der Waals surface area contributed by atoms with Crippen LogP contribution in [0.3, 0.4) is 0 Å². The van der Waals surface area contributed by atoms with Gasteiger partial charge in [-0.25, -0.2) is 0 Å². The van der Waals surface area contributed by atoms with Crippen LogP contribution in [0.2, 0.25) is 0 Å². The number of amides is 2. The van der Waals surface area contributed by atoms with Gasteiger partial charge in [0.1, 0.15) is 11.4 Å². The minimum absolute atomic E-state index is 0.136. The molecule has 0 saturated carbocycles. The Morgan fingerprint density at radius 2 is 1.96 bits per heavy atom. The highest BCUT2D eigenvalue weighted by Gasteiger charge is 2.70. The predicted octanol–water partition coefficient (Wildman–Crippen LogP) is 1.92. The number of imide groups is 1. The Morgan fingerprint density at radius 1 is 1.21 bits per heavy atom. The molecule has 5 nitrogen and oxygen atoms in total. The van der Waals surface area contributed by atoms with Crippen molar-refractivity contribution in [1.29, 1.82) is 0 Å². The van der Waals surface area contributed by atoms with Gasteiger partial charge in [0, 0.05) is 7.05 Å². The summed E-state index contributed by atoms with van der Waals surface area (Å²) in [5.41, 5.74) is 0.377. The van der Waals surface area contributed by atoms with E-state index in [0.29, 0.717) is 13.0 Å². The van der Waals surface area contributed by atoms with Crippen LogP contribution in [0.15, 0.2) is 42.2 Å². The molecule has 0 aliphatic carbocycles. The first-order valence-electron chi connectivity index (χ1n) is 8.46. The van der Waals surface area contributed by atoms with Crippen molar-refractivity contribution in [3.8, 4) is 0 Å². The van der Waals surface area contributed by atoms with Crippen molar-refractivity contribution in [2.75, 3.05) is 13.7 Å². The van der Waals surface area contributed by atoms with Crippen molar-refractivity contribution in [3.05, 3.63) is 47.7 Å². The zero-order valence-electron chi connectivity index (χ0n) is 13.9. The maximum atomic E-state index is 12.7. The van der Waals surface area contributed by atoms with E-state index in [1.807, 2.05) is 31.2 Å². The van der Waals surface area contributed by atoms with Gasteiger partial charge in [-0.3, -0.25) is 14.5 Å². The highest BCUT2D eigenvalue weighted by Crippen LogP contribution is 2.56. The molecule has 3 aliphatic rings. The van der Waals surface area contributed by atoms with Gasteiger partial charge in [-0.2, -0.15) is 0 Å². The molecule has 5 heteroatoms. The molecule has 4 atom stereocenters. The lowest BCUT2D eigenvalue weighted by atomic mass is 9.73. The fourth-order valence-corrected chi connectivity index (χ4v) is 4.32. The van der Waals surface area contributed by atoms with Crippen molar-refractivity contribution in [1.82, 2.24) is 4.90 Å². The number of carbonyl (C=O) groups excluding carboxylic acids is 2. The molecule has 3 aliphatic heterocycles. The summed E-state index contributed by atoms with van der Waals surface area (Å²) >= 11 is 0. The first-order valence-corrected chi connectivity index (χ1v) is 8.46. The van der Waals surface area contributed by atoms with Gasteiger partial charge in [0.15, 0.2) is 0 Å². The van der Waals surface area contributed by atoms with Crippen LogP contribution in [0.1, 0.15) is 18.9 Å². The van der Waals surface area contributed by atoms with Crippen LogP contribution in [-0.4, -0.2) is 42.1 Å². The first kappa shape index (κ1) is 15.4. The molecular formula is C19H21NO4. The fourth-order valence-electron chi connectivity index (χ4n) is 4.32. The minimum atomic E-state index is -0.807. The number of likely N-dealkylation sites (tertiary alicyclic amines) is 1. The van der Waals surface area contributed by atoms with Gasteiger partial charge in [-0.05, 0) is 31.4 Å². The molecule has 0 radical (unpaired) electrons. The maximum Gasteiger partial charge on any atom is 0.236 e. The zero-order valence-corrected chi connectivity index (χ0v) is 13.9. The van der Waals surface area contributed by atoms with Gasteiger partial charge in [0.25, 0.3) is 0 Å². The third-order valence-corrected chi connectivity index (χ3v) is 5.43. The lowest BCUT2D eigenvalue weighted by Crippen LogP contribution is -2.44. The monoisotopic (exact) mass is 327 g/mol. The zero-order chi connectivity index (χ0) is 16.9. The molecule has 2 saturated heterocycles. The summed E-state index contributed by atoms with van der Waals surface area (Å²) in [5.74, 6) is -0.421. The summed E-state index contributed by atoms with van der Waals surface area (Å²) in [7, 11) is 1.56. The Hall–Kier alpha value is -2.14. The van der Waals surface area contributed by atoms with Crippen LogP contribution in [0.5, 0.6) is 0 Å². The minimum Gasteiger partial charge on any atom is -0.495 e. The SMILES string of the molecule is CCOC1=CC2OC1(CCc1ccccc1)C1C(=O)N(C)C(=O)C21. The molecule has 0 spiro atoms. The average Bonchev–Trinajstić information content (AvgIpc) is 3.19. The summed E-state index contributed by atoms with van der Waals surface area (Å²) in [5, 5.41) is 0. The Kier molecular flexibility index (Phi) is 3.49. The molecule has 4 unspecified atom stereocenters. The first-order chi connectivity index (χ1) is 11.6. The summed E-state index contributed by atoms with van der Waals surface area (Å²) in [4.78, 5) is 26.4. The number of aryl methyl sites for hydroxylation is 1. The standard InChI is InChI=1S/C19H21NO4/c1-3-23-14-11-13-15-16(18(22)20(2)17(15)21)19(14,24-13)10-9-12-7-5-4-6-8-12/h4-8,11,13,15-16H,3,9-10H2,1-2H3. The van der Waals surface area contributed by atoms with Crippen molar-refractivity contribution in [2.45, 2.75) is 31.5 Å². The molecule has 126 valence electrons. The van der Waals surface area contributed by atoms with E-state index in [-0.39, 0.29) is 17.9 Å². The van der Waals surface area contributed by atoms with E-state index < -0.39 is 17.4 Å². The summed E-state index contributed by atoms with van der Waals surface area (Å²) in [6, 6.07) is 10.1. The Balaban J connectivity index is 1.68. The fraction of sp³-hybridized carbons (Fsp3) is 0.474. The van der Waals surface area contributed by atoms with Gasteiger partial charge < -0.3 is 9.47 Å². The number of hydrogen-bond donors (Lipinski definition) is 0. The second-order valence-electron chi connectivity index (χ2n) is 6.66. The molecule has 0 aromatic heterocycles. The van der Waals surface area contributed by atoms with Gasteiger partial charge in [0.05, 0.1) is 24.5 Å². The number of carbonyl (C=O) groups is 2. The number of hydrogen-bond acceptors (Lipinski definition) is 4. The van der Waals surface area contributed by atoms with Crippen molar-refractivity contribution < 1.29 is 19.1 Å². The van der Waals surface area contributed by atoms with Crippen LogP contribution in [-0.2, 0) is 25.5 Å². The maximum absolute atomic E-state index is 12.7. The van der Waals surface area contributed by atoms with Crippen LogP contribution in [0.25, 0.3) is 0 Å². The van der Waals surface area contributed by atoms with E-state index in [0.717, 1.165) is 12.2 Å². The van der Waals surface area contributed by atoms with Gasteiger partial charge in [-0.1, -0.05) is 30.3 Å². The van der Waals surface area contributed by atoms with Crippen LogP contribution in [0, 0.1) is 11.8 Å². The molecule has 3 heterocycles. The molecule has 1 aromatic carbocycles. The Morgan fingerprint density at radius 3 is 2.67 bits per heavy atom. The number of rotatable bonds is 5. The number of fused-ring (bicyclic) bond motifs is 5. The molecule has 2 fully saturated rings. The second kappa shape index (κ2) is 5.45. The van der Waals surface area contributed by atoms with Crippen LogP contribution >= 0.6 is 0 Å². The molecule has 2 bridgehead atoms. The summed E-state index contributed by atoms with van der Waals surface area (Å²) < 4.78 is 12.0. The lowest BCUT2D eigenvalue weighted by Gasteiger charge is -2.33. The van der Waals surface area contributed by atoms with Gasteiger partial charge >= 0.3 is 0 Å². The van der Waals surface area contributed by atoms with E-state index in [1.165, 1.54) is 10.5 Å². The predicted molar refractivity (Wildman–Crippen MR) is 86.8 cm³/mol. The van der Waals surface area contributed by atoms with E-state index in [1.54, 1.807) is 7.05 Å². The lowest BCUT2D eigenvalue weighted by molar-refractivity contribution is -0.143. The third-order valence-electron chi connectivity index (χ3n) is 5.43. The van der Waals surface area contributed by atoms with Crippen LogP contribution in [0.4, 0.5) is 0 Å². The highest BCUT2D eigenvalue weighted by atomic mass is 16.6. The Labute approximate surface area is 141 Å². The number of nitrogens with zero attached hydrogens (tertiary/aromatic N) is 1. The molecule has 1 aromatic rings. The molecule has 24 heavy (non-hydrogen) atoms. The number of benzene rings is 1. The molecule has 0 N–H and O–H groups in total.